The fourth-order valence-electron chi connectivity index (χ4n) is 5.47. The Morgan fingerprint density at radius 1 is 1.05 bits per heavy atom. The van der Waals surface area contributed by atoms with Crippen LogP contribution in [-0.2, 0) is 0 Å². The molecule has 6 rings (SSSR count). The summed E-state index contributed by atoms with van der Waals surface area (Å²) in [6, 6.07) is 14.8. The van der Waals surface area contributed by atoms with Gasteiger partial charge in [0.1, 0.15) is 12.1 Å². The molecule has 1 fully saturated rings. The van der Waals surface area contributed by atoms with Gasteiger partial charge in [0.25, 0.3) is 0 Å². The molecule has 1 aliphatic carbocycles. The van der Waals surface area contributed by atoms with Gasteiger partial charge in [-0.25, -0.2) is 0 Å². The van der Waals surface area contributed by atoms with Gasteiger partial charge in [-0.3, -0.25) is 15.0 Å². The molecule has 0 bridgehead atoms. The normalized spacial score (nSPS) is 16.5. The Hall–Kier alpha value is -5.07. The molecule has 2 aromatic heterocycles. The lowest BCUT2D eigenvalue weighted by molar-refractivity contribution is -0.195. The van der Waals surface area contributed by atoms with E-state index in [0.717, 1.165) is 21.3 Å². The predicted molar refractivity (Wildman–Crippen MR) is 161 cm³/mol. The first-order valence-corrected chi connectivity index (χ1v) is 14.1. The summed E-state index contributed by atoms with van der Waals surface area (Å²) >= 11 is 0. The van der Waals surface area contributed by atoms with Crippen molar-refractivity contribution in [2.75, 3.05) is 17.2 Å². The molecule has 4 aromatic rings. The molecule has 0 unspecified atom stereocenters. The number of rotatable bonds is 7. The van der Waals surface area contributed by atoms with E-state index >= 15 is 0 Å². The molecule has 9 nitrogen and oxygen atoms in total. The molecule has 12 heteroatoms. The van der Waals surface area contributed by atoms with Crippen molar-refractivity contribution in [3.63, 3.8) is 0 Å². The van der Waals surface area contributed by atoms with E-state index in [4.69, 9.17) is 0 Å². The number of aromatic nitrogens is 2. The van der Waals surface area contributed by atoms with E-state index < -0.39 is 17.8 Å². The molecule has 1 atom stereocenters. The van der Waals surface area contributed by atoms with Crippen LogP contribution in [0.4, 0.5) is 24.5 Å². The summed E-state index contributed by atoms with van der Waals surface area (Å²) in [7, 11) is 0. The number of hydrazine groups is 2. The molecule has 0 amide bonds. The molecule has 3 heterocycles. The molecule has 44 heavy (non-hydrogen) atoms. The number of fused-ring (bicyclic) bond motifs is 2. The standard InChI is InChI=1S/C32H30F3N9/c1-30(2,3)18-40-28-21(14-37)16-39-27-20(13-36)11-22(12-25(27)28)41-29(24-6-4-5-19-15-38-10-7-23(19)24)26-17-44(43-42-26)31(8-9-31)32(33,34)35/h4-7,10-12,15-17,29,41-43H,8-9,18H2,1-3H3,(H,39,40)/t29-/m0/s1. The van der Waals surface area contributed by atoms with Crippen LogP contribution in [0.5, 0.6) is 0 Å². The van der Waals surface area contributed by atoms with Crippen molar-refractivity contribution in [2.24, 2.45) is 5.41 Å². The van der Waals surface area contributed by atoms with Crippen LogP contribution in [0.3, 0.4) is 0 Å². The summed E-state index contributed by atoms with van der Waals surface area (Å²) in [6.07, 6.45) is 1.87. The largest absolute Gasteiger partial charge is 0.413 e. The number of alkyl halides is 3. The molecule has 4 N–H and O–H groups in total. The molecule has 1 saturated carbocycles. The highest BCUT2D eigenvalue weighted by molar-refractivity contribution is 5.99. The van der Waals surface area contributed by atoms with E-state index in [1.807, 2.05) is 30.3 Å². The summed E-state index contributed by atoms with van der Waals surface area (Å²) in [5.41, 5.74) is 7.01. The van der Waals surface area contributed by atoms with Crippen molar-refractivity contribution in [1.82, 2.24) is 25.9 Å². The summed E-state index contributed by atoms with van der Waals surface area (Å²) in [5.74, 6) is 0. The van der Waals surface area contributed by atoms with Crippen LogP contribution >= 0.6 is 0 Å². The SMILES string of the molecule is CC(C)(C)CNc1c(C#N)cnc2c(C#N)cc(N[C@H](C3=CN(C4(C(F)(F)F)CC4)NN3)c3cccc4cnccc34)cc12. The van der Waals surface area contributed by atoms with Gasteiger partial charge in [0, 0.05) is 47.8 Å². The van der Waals surface area contributed by atoms with Crippen LogP contribution in [0, 0.1) is 28.1 Å². The second kappa shape index (κ2) is 10.6. The fourth-order valence-corrected chi connectivity index (χ4v) is 5.47. The van der Waals surface area contributed by atoms with Crippen molar-refractivity contribution >= 4 is 33.1 Å². The van der Waals surface area contributed by atoms with Crippen LogP contribution in [0.2, 0.25) is 0 Å². The number of hydrogen-bond acceptors (Lipinski definition) is 9. The lowest BCUT2D eigenvalue weighted by Gasteiger charge is -2.28. The lowest BCUT2D eigenvalue weighted by Crippen LogP contribution is -2.52. The Morgan fingerprint density at radius 3 is 2.50 bits per heavy atom. The molecular formula is C32H30F3N9. The van der Waals surface area contributed by atoms with Crippen molar-refractivity contribution in [1.29, 1.82) is 10.5 Å². The third-order valence-electron chi connectivity index (χ3n) is 7.96. The minimum absolute atomic E-state index is 0.0121. The first kappa shape index (κ1) is 29.0. The average Bonchev–Trinajstić information content (AvgIpc) is 3.68. The van der Waals surface area contributed by atoms with E-state index in [0.29, 0.717) is 40.1 Å². The summed E-state index contributed by atoms with van der Waals surface area (Å²) < 4.78 is 42.0. The minimum Gasteiger partial charge on any atom is -0.383 e. The fraction of sp³-hybridized carbons (Fsp3) is 0.312. The Bertz CT molecular complexity index is 1870. The van der Waals surface area contributed by atoms with Gasteiger partial charge >= 0.3 is 6.18 Å². The van der Waals surface area contributed by atoms with Crippen molar-refractivity contribution in [3.05, 3.63) is 83.6 Å². The van der Waals surface area contributed by atoms with E-state index in [1.54, 1.807) is 18.5 Å². The number of benzene rings is 2. The van der Waals surface area contributed by atoms with E-state index in [9.17, 15) is 23.7 Å². The molecular weight excluding hydrogens is 567 g/mol. The maximum atomic E-state index is 14.0. The highest BCUT2D eigenvalue weighted by atomic mass is 19.4. The van der Waals surface area contributed by atoms with Gasteiger partial charge in [-0.2, -0.15) is 23.7 Å². The summed E-state index contributed by atoms with van der Waals surface area (Å²) in [6.45, 7) is 6.76. The van der Waals surface area contributed by atoms with Crippen LogP contribution in [0.15, 0.2) is 66.9 Å². The van der Waals surface area contributed by atoms with E-state index in [2.05, 4.69) is 64.5 Å². The van der Waals surface area contributed by atoms with Gasteiger partial charge in [0.15, 0.2) is 5.54 Å². The number of anilines is 2. The third kappa shape index (κ3) is 5.18. The first-order valence-electron chi connectivity index (χ1n) is 14.1. The van der Waals surface area contributed by atoms with Crippen LogP contribution in [0.25, 0.3) is 21.7 Å². The van der Waals surface area contributed by atoms with Crippen molar-refractivity contribution in [3.8, 4) is 12.1 Å². The van der Waals surface area contributed by atoms with Gasteiger partial charge in [0.2, 0.25) is 0 Å². The zero-order chi connectivity index (χ0) is 31.3. The molecule has 224 valence electrons. The van der Waals surface area contributed by atoms with E-state index in [1.165, 1.54) is 12.4 Å². The van der Waals surface area contributed by atoms with Gasteiger partial charge < -0.3 is 16.1 Å². The third-order valence-corrected chi connectivity index (χ3v) is 7.96. The van der Waals surface area contributed by atoms with E-state index in [-0.39, 0.29) is 23.8 Å². The highest BCUT2D eigenvalue weighted by Crippen LogP contribution is 2.54. The van der Waals surface area contributed by atoms with Gasteiger partial charge in [-0.15, -0.1) is 5.53 Å². The maximum Gasteiger partial charge on any atom is 0.413 e. The molecule has 0 radical (unpaired) electrons. The molecule has 2 aliphatic rings. The Labute approximate surface area is 252 Å². The number of pyridine rings is 2. The zero-order valence-corrected chi connectivity index (χ0v) is 24.3. The maximum absolute atomic E-state index is 14.0. The number of hydrogen-bond donors (Lipinski definition) is 4. The summed E-state index contributed by atoms with van der Waals surface area (Å²) in [4.78, 5) is 8.64. The molecule has 2 aromatic carbocycles. The number of nitriles is 2. The Morgan fingerprint density at radius 2 is 1.82 bits per heavy atom. The van der Waals surface area contributed by atoms with Crippen LogP contribution in [0.1, 0.15) is 56.3 Å². The molecule has 1 aliphatic heterocycles. The topological polar surface area (TPSA) is 125 Å². The Kier molecular flexibility index (Phi) is 6.98. The van der Waals surface area contributed by atoms with Gasteiger partial charge in [-0.05, 0) is 47.4 Å². The second-order valence-corrected chi connectivity index (χ2v) is 12.3. The molecule has 0 spiro atoms. The molecule has 0 saturated heterocycles. The smallest absolute Gasteiger partial charge is 0.383 e. The van der Waals surface area contributed by atoms with Crippen molar-refractivity contribution < 1.29 is 13.2 Å². The highest BCUT2D eigenvalue weighted by Gasteiger charge is 2.67. The van der Waals surface area contributed by atoms with Gasteiger partial charge in [-0.1, -0.05) is 39.0 Å². The first-order chi connectivity index (χ1) is 20.9. The zero-order valence-electron chi connectivity index (χ0n) is 24.3. The lowest BCUT2D eigenvalue weighted by atomic mass is 9.96. The summed E-state index contributed by atoms with van der Waals surface area (Å²) in [5, 5.41) is 30.2. The predicted octanol–water partition coefficient (Wildman–Crippen LogP) is 6.40. The monoisotopic (exact) mass is 597 g/mol. The van der Waals surface area contributed by atoms with Crippen molar-refractivity contribution in [2.45, 2.75) is 51.4 Å². The second-order valence-electron chi connectivity index (χ2n) is 12.3. The number of halogens is 3. The van der Waals surface area contributed by atoms with Crippen LogP contribution in [-0.4, -0.2) is 33.2 Å². The van der Waals surface area contributed by atoms with Gasteiger partial charge in [0.05, 0.1) is 34.1 Å². The number of nitrogens with one attached hydrogen (secondary N) is 4. The van der Waals surface area contributed by atoms with Crippen LogP contribution < -0.4 is 21.6 Å². The quantitative estimate of drug-likeness (QED) is 0.192. The minimum atomic E-state index is -4.41. The Balaban J connectivity index is 1.49. The number of nitrogens with zero attached hydrogens (tertiary/aromatic N) is 5. The average molecular weight is 598 g/mol.